The molecule has 0 radical (unpaired) electrons. The average molecular weight is 392 g/mol. The van der Waals surface area contributed by atoms with Gasteiger partial charge in [-0.3, -0.25) is 4.79 Å². The predicted molar refractivity (Wildman–Crippen MR) is 93.9 cm³/mol. The zero-order chi connectivity index (χ0) is 19.6. The van der Waals surface area contributed by atoms with Crippen molar-refractivity contribution < 1.29 is 32.2 Å². The van der Waals surface area contributed by atoms with Crippen LogP contribution in [0.5, 0.6) is 11.5 Å². The van der Waals surface area contributed by atoms with Gasteiger partial charge in [-0.2, -0.15) is 0 Å². The Morgan fingerprint density at radius 1 is 1.11 bits per heavy atom. The van der Waals surface area contributed by atoms with Gasteiger partial charge >= 0.3 is 5.97 Å². The quantitative estimate of drug-likeness (QED) is 0.731. The van der Waals surface area contributed by atoms with Crippen LogP contribution in [0.15, 0.2) is 47.4 Å². The van der Waals surface area contributed by atoms with Crippen molar-refractivity contribution in [3.63, 3.8) is 0 Å². The fraction of sp³-hybridized carbons (Fsp3) is 0.176. The number of primary sulfonamides is 1. The van der Waals surface area contributed by atoms with Crippen molar-refractivity contribution in [2.75, 3.05) is 12.1 Å². The molecule has 0 aromatic heterocycles. The Balaban J connectivity index is 1.61. The average Bonchev–Trinajstić information content (AvgIpc) is 3.09. The molecule has 0 spiro atoms. The molecule has 0 aliphatic carbocycles. The number of amides is 1. The number of hydrogen-bond donors (Lipinski definition) is 2. The lowest BCUT2D eigenvalue weighted by molar-refractivity contribution is -0.123. The summed E-state index contributed by atoms with van der Waals surface area (Å²) in [6.07, 6.45) is -1.08. The molecule has 3 N–H and O–H groups in total. The number of nitrogens with one attached hydrogen (secondary N) is 1. The van der Waals surface area contributed by atoms with Crippen LogP contribution >= 0.6 is 0 Å². The standard InChI is InChI=1S/C17H16N2O7S/c1-10(16(20)19-12-3-5-13(6-4-12)27(18,22)23)26-17(21)11-2-7-14-15(8-11)25-9-24-14/h2-8,10H,9H2,1H3,(H,19,20)(H2,18,22,23). The van der Waals surface area contributed by atoms with Gasteiger partial charge in [-0.1, -0.05) is 0 Å². The Labute approximate surface area is 155 Å². The number of carbonyl (C=O) groups is 2. The van der Waals surface area contributed by atoms with Crippen molar-refractivity contribution in [3.05, 3.63) is 48.0 Å². The second-order valence-corrected chi connectivity index (χ2v) is 7.24. The molecule has 10 heteroatoms. The third kappa shape index (κ3) is 4.36. The van der Waals surface area contributed by atoms with Crippen LogP contribution in [-0.4, -0.2) is 33.2 Å². The van der Waals surface area contributed by atoms with Gasteiger partial charge in [0.1, 0.15) is 0 Å². The fourth-order valence-corrected chi connectivity index (χ4v) is 2.79. The molecule has 2 aromatic carbocycles. The molecule has 2 aromatic rings. The van der Waals surface area contributed by atoms with Gasteiger partial charge in [0, 0.05) is 5.69 Å². The van der Waals surface area contributed by atoms with Crippen LogP contribution in [0.25, 0.3) is 0 Å². The van der Waals surface area contributed by atoms with Crippen molar-refractivity contribution in [2.45, 2.75) is 17.9 Å². The lowest BCUT2D eigenvalue weighted by Crippen LogP contribution is -2.30. The summed E-state index contributed by atoms with van der Waals surface area (Å²) in [5, 5.41) is 7.53. The molecule has 0 bridgehead atoms. The second-order valence-electron chi connectivity index (χ2n) is 5.67. The molecule has 1 aliphatic heterocycles. The first-order chi connectivity index (χ1) is 12.7. The van der Waals surface area contributed by atoms with Crippen molar-refractivity contribution in [2.24, 2.45) is 5.14 Å². The monoisotopic (exact) mass is 392 g/mol. The van der Waals surface area contributed by atoms with E-state index in [1.165, 1.54) is 43.3 Å². The van der Waals surface area contributed by atoms with Crippen LogP contribution in [0, 0.1) is 0 Å². The molecule has 0 saturated carbocycles. The fourth-order valence-electron chi connectivity index (χ4n) is 2.28. The van der Waals surface area contributed by atoms with E-state index in [1.54, 1.807) is 6.07 Å². The lowest BCUT2D eigenvalue weighted by atomic mass is 10.2. The first-order valence-corrected chi connectivity index (χ1v) is 9.33. The largest absolute Gasteiger partial charge is 0.454 e. The van der Waals surface area contributed by atoms with Gasteiger partial charge < -0.3 is 19.5 Å². The van der Waals surface area contributed by atoms with Crippen molar-refractivity contribution >= 4 is 27.6 Å². The maximum atomic E-state index is 12.2. The highest BCUT2D eigenvalue weighted by molar-refractivity contribution is 7.89. The van der Waals surface area contributed by atoms with E-state index in [9.17, 15) is 18.0 Å². The van der Waals surface area contributed by atoms with Crippen LogP contribution in [0.1, 0.15) is 17.3 Å². The van der Waals surface area contributed by atoms with Crippen molar-refractivity contribution in [1.29, 1.82) is 0 Å². The van der Waals surface area contributed by atoms with E-state index >= 15 is 0 Å². The highest BCUT2D eigenvalue weighted by atomic mass is 32.2. The van der Waals surface area contributed by atoms with Gasteiger partial charge in [-0.05, 0) is 49.4 Å². The molecule has 27 heavy (non-hydrogen) atoms. The summed E-state index contributed by atoms with van der Waals surface area (Å²) in [5.41, 5.74) is 0.551. The summed E-state index contributed by atoms with van der Waals surface area (Å²) in [6, 6.07) is 9.83. The van der Waals surface area contributed by atoms with E-state index in [-0.39, 0.29) is 17.3 Å². The predicted octanol–water partition coefficient (Wildman–Crippen LogP) is 1.25. The Morgan fingerprint density at radius 3 is 2.44 bits per heavy atom. The zero-order valence-electron chi connectivity index (χ0n) is 14.2. The van der Waals surface area contributed by atoms with E-state index < -0.39 is 28.0 Å². The second kappa shape index (κ2) is 7.25. The summed E-state index contributed by atoms with van der Waals surface area (Å²) in [6.45, 7) is 1.50. The van der Waals surface area contributed by atoms with Crippen molar-refractivity contribution in [3.8, 4) is 11.5 Å². The number of carbonyl (C=O) groups excluding carboxylic acids is 2. The molecule has 1 aliphatic rings. The molecule has 0 fully saturated rings. The number of rotatable bonds is 5. The van der Waals surface area contributed by atoms with E-state index in [2.05, 4.69) is 5.32 Å². The number of ether oxygens (including phenoxy) is 3. The Kier molecular flexibility index (Phi) is 5.02. The van der Waals surface area contributed by atoms with Crippen LogP contribution in [0.3, 0.4) is 0 Å². The number of esters is 1. The first-order valence-electron chi connectivity index (χ1n) is 7.78. The summed E-state index contributed by atoms with van der Waals surface area (Å²) >= 11 is 0. The van der Waals surface area contributed by atoms with Gasteiger partial charge in [0.15, 0.2) is 17.6 Å². The number of anilines is 1. The smallest absolute Gasteiger partial charge is 0.339 e. The molecule has 1 atom stereocenters. The van der Waals surface area contributed by atoms with Gasteiger partial charge in [0.25, 0.3) is 5.91 Å². The third-order valence-electron chi connectivity index (χ3n) is 3.71. The summed E-state index contributed by atoms with van der Waals surface area (Å²) in [7, 11) is -3.82. The normalized spacial score (nSPS) is 13.7. The molecule has 9 nitrogen and oxygen atoms in total. The van der Waals surface area contributed by atoms with Gasteiger partial charge in [0.05, 0.1) is 10.5 Å². The molecule has 3 rings (SSSR count). The molecule has 1 heterocycles. The number of sulfonamides is 1. The van der Waals surface area contributed by atoms with E-state index in [1.807, 2.05) is 0 Å². The molecular formula is C17H16N2O7S. The first kappa shape index (κ1) is 18.7. The minimum Gasteiger partial charge on any atom is -0.454 e. The van der Waals surface area contributed by atoms with Gasteiger partial charge in [-0.15, -0.1) is 0 Å². The molecular weight excluding hydrogens is 376 g/mol. The van der Waals surface area contributed by atoms with E-state index in [4.69, 9.17) is 19.3 Å². The van der Waals surface area contributed by atoms with Crippen molar-refractivity contribution in [1.82, 2.24) is 0 Å². The van der Waals surface area contributed by atoms with Crippen LogP contribution in [0.2, 0.25) is 0 Å². The Bertz CT molecular complexity index is 987. The maximum absolute atomic E-state index is 12.2. The zero-order valence-corrected chi connectivity index (χ0v) is 15.0. The topological polar surface area (TPSA) is 134 Å². The third-order valence-corrected chi connectivity index (χ3v) is 4.64. The molecule has 1 amide bonds. The maximum Gasteiger partial charge on any atom is 0.339 e. The Hall–Kier alpha value is -3.11. The number of fused-ring (bicyclic) bond motifs is 1. The molecule has 142 valence electrons. The SMILES string of the molecule is CC(OC(=O)c1ccc2c(c1)OCO2)C(=O)Nc1ccc(S(N)(=O)=O)cc1. The molecule has 0 saturated heterocycles. The number of benzene rings is 2. The van der Waals surface area contributed by atoms with Gasteiger partial charge in [0.2, 0.25) is 16.8 Å². The molecule has 1 unspecified atom stereocenters. The summed E-state index contributed by atoms with van der Waals surface area (Å²) in [5.74, 6) is -0.315. The summed E-state index contributed by atoms with van der Waals surface area (Å²) < 4.78 is 37.9. The van der Waals surface area contributed by atoms with Gasteiger partial charge in [-0.25, -0.2) is 18.4 Å². The van der Waals surface area contributed by atoms with Crippen LogP contribution in [-0.2, 0) is 19.6 Å². The van der Waals surface area contributed by atoms with E-state index in [0.29, 0.717) is 17.2 Å². The number of nitrogens with two attached hydrogens (primary N) is 1. The highest BCUT2D eigenvalue weighted by Crippen LogP contribution is 2.32. The highest BCUT2D eigenvalue weighted by Gasteiger charge is 2.22. The van der Waals surface area contributed by atoms with E-state index in [0.717, 1.165) is 0 Å². The minimum atomic E-state index is -3.82. The number of hydrogen-bond acceptors (Lipinski definition) is 7. The summed E-state index contributed by atoms with van der Waals surface area (Å²) in [4.78, 5) is 24.3. The van der Waals surface area contributed by atoms with Crippen LogP contribution in [0.4, 0.5) is 5.69 Å². The Morgan fingerprint density at radius 2 is 1.78 bits per heavy atom. The minimum absolute atomic E-state index is 0.0802. The van der Waals surface area contributed by atoms with Crippen LogP contribution < -0.4 is 19.9 Å². The lowest BCUT2D eigenvalue weighted by Gasteiger charge is -2.14.